The zero-order chi connectivity index (χ0) is 29.2. The Bertz CT molecular complexity index is 1580. The minimum absolute atomic E-state index is 0.00250. The molecule has 0 atom stereocenters. The van der Waals surface area contributed by atoms with Crippen molar-refractivity contribution in [2.75, 3.05) is 0 Å². The number of carbonyl (C=O) groups is 2. The smallest absolute Gasteiger partial charge is 0.267 e. The van der Waals surface area contributed by atoms with Gasteiger partial charge in [-0.15, -0.1) is 0 Å². The fourth-order valence-corrected chi connectivity index (χ4v) is 7.57. The first-order valence-electron chi connectivity index (χ1n) is 16.2. The number of aromatic amines is 2. The summed E-state index contributed by atoms with van der Waals surface area (Å²) < 4.78 is 0. The second kappa shape index (κ2) is 12.4. The maximum Gasteiger partial charge on any atom is 0.267 e. The average molecular weight is 567 g/mol. The Morgan fingerprint density at radius 1 is 0.643 bits per heavy atom. The molecule has 6 nitrogen and oxygen atoms in total. The lowest BCUT2D eigenvalue weighted by Gasteiger charge is -2.26. The summed E-state index contributed by atoms with van der Waals surface area (Å²) in [5.74, 6) is 0.519. The minimum atomic E-state index is -0.00250. The quantitative estimate of drug-likeness (QED) is 0.183. The fraction of sp³-hybridized carbons (Fsp3) is 0.500. The molecule has 2 saturated carbocycles. The Morgan fingerprint density at radius 3 is 1.86 bits per heavy atom. The van der Waals surface area contributed by atoms with E-state index in [4.69, 9.17) is 0 Å². The zero-order valence-electron chi connectivity index (χ0n) is 25.5. The summed E-state index contributed by atoms with van der Waals surface area (Å²) >= 11 is 0. The average Bonchev–Trinajstić information content (AvgIpc) is 3.50. The number of H-pyrrole nitrogens is 2. The molecule has 2 fully saturated rings. The molecule has 2 heterocycles. The van der Waals surface area contributed by atoms with Gasteiger partial charge in [0.15, 0.2) is 0 Å². The number of nitrogens with one attached hydrogen (secondary N) is 4. The van der Waals surface area contributed by atoms with Gasteiger partial charge in [0.2, 0.25) is 0 Å². The molecule has 4 aromatic rings. The third-order valence-corrected chi connectivity index (χ3v) is 9.83. The summed E-state index contributed by atoms with van der Waals surface area (Å²) in [4.78, 5) is 33.0. The first kappa shape index (κ1) is 28.6. The van der Waals surface area contributed by atoms with Crippen LogP contribution >= 0.6 is 0 Å². The van der Waals surface area contributed by atoms with E-state index in [2.05, 4.69) is 65.6 Å². The largest absolute Gasteiger partial charge is 0.350 e. The van der Waals surface area contributed by atoms with Crippen LogP contribution < -0.4 is 10.6 Å². The Kier molecular flexibility index (Phi) is 8.41. The van der Waals surface area contributed by atoms with Crippen molar-refractivity contribution in [3.63, 3.8) is 0 Å². The molecule has 0 saturated heterocycles. The Balaban J connectivity index is 1.08. The molecular weight excluding hydrogens is 520 g/mol. The number of rotatable bonds is 5. The maximum absolute atomic E-state index is 13.1. The van der Waals surface area contributed by atoms with E-state index < -0.39 is 0 Å². The molecular formula is C36H46N4O2. The van der Waals surface area contributed by atoms with Crippen LogP contribution in [0.2, 0.25) is 0 Å². The van der Waals surface area contributed by atoms with Gasteiger partial charge in [-0.1, -0.05) is 62.3 Å². The predicted octanol–water partition coefficient (Wildman–Crippen LogP) is 8.26. The number of hydrogen-bond donors (Lipinski definition) is 4. The Morgan fingerprint density at radius 2 is 1.21 bits per heavy atom. The van der Waals surface area contributed by atoms with E-state index in [-0.39, 0.29) is 17.9 Å². The lowest BCUT2D eigenvalue weighted by Crippen LogP contribution is -2.35. The van der Waals surface area contributed by atoms with Crippen LogP contribution in [0.4, 0.5) is 0 Å². The van der Waals surface area contributed by atoms with Crippen molar-refractivity contribution >= 4 is 33.6 Å². The summed E-state index contributed by atoms with van der Waals surface area (Å²) in [6.07, 6.45) is 13.5. The van der Waals surface area contributed by atoms with Crippen LogP contribution in [-0.2, 0) is 0 Å². The van der Waals surface area contributed by atoms with Gasteiger partial charge in [-0.05, 0) is 100 Å². The molecule has 42 heavy (non-hydrogen) atoms. The second-order valence-corrected chi connectivity index (χ2v) is 13.0. The molecule has 2 amide bonds. The molecule has 4 N–H and O–H groups in total. The molecule has 0 radical (unpaired) electrons. The minimum Gasteiger partial charge on any atom is -0.350 e. The van der Waals surface area contributed by atoms with E-state index in [0.717, 1.165) is 73.2 Å². The van der Waals surface area contributed by atoms with Gasteiger partial charge < -0.3 is 20.6 Å². The summed E-state index contributed by atoms with van der Waals surface area (Å²) in [7, 11) is 0. The molecule has 0 spiro atoms. The molecule has 222 valence electrons. The van der Waals surface area contributed by atoms with Gasteiger partial charge in [-0.2, -0.15) is 0 Å². The van der Waals surface area contributed by atoms with E-state index in [1.54, 1.807) is 0 Å². The van der Waals surface area contributed by atoms with E-state index in [0.29, 0.717) is 23.3 Å². The lowest BCUT2D eigenvalue weighted by atomic mass is 9.82. The number of carbonyl (C=O) groups excluding carboxylic acids is 2. The molecule has 6 heteroatoms. The van der Waals surface area contributed by atoms with Crippen molar-refractivity contribution in [3.8, 4) is 0 Å². The molecule has 2 aliphatic rings. The number of fused-ring (bicyclic) bond motifs is 2. The third-order valence-electron chi connectivity index (χ3n) is 9.83. The van der Waals surface area contributed by atoms with Crippen molar-refractivity contribution in [1.29, 1.82) is 0 Å². The summed E-state index contributed by atoms with van der Waals surface area (Å²) in [5, 5.41) is 8.81. The van der Waals surface area contributed by atoms with E-state index in [9.17, 15) is 9.59 Å². The summed E-state index contributed by atoms with van der Waals surface area (Å²) in [6.45, 7) is 6.38. The molecule has 2 aromatic carbocycles. The van der Waals surface area contributed by atoms with Gasteiger partial charge in [0.25, 0.3) is 11.8 Å². The molecule has 0 unspecified atom stereocenters. The summed E-state index contributed by atoms with van der Waals surface area (Å²) in [5.41, 5.74) is 8.50. The Hall–Kier alpha value is -3.54. The van der Waals surface area contributed by atoms with Gasteiger partial charge in [0, 0.05) is 33.9 Å². The van der Waals surface area contributed by atoms with Crippen LogP contribution in [0.15, 0.2) is 36.4 Å². The molecule has 2 aliphatic carbocycles. The predicted molar refractivity (Wildman–Crippen MR) is 171 cm³/mol. The number of benzene rings is 2. The Labute approximate surface area is 249 Å². The van der Waals surface area contributed by atoms with Crippen LogP contribution in [-0.4, -0.2) is 33.9 Å². The number of aromatic nitrogens is 2. The van der Waals surface area contributed by atoms with E-state index in [1.165, 1.54) is 47.9 Å². The van der Waals surface area contributed by atoms with E-state index >= 15 is 0 Å². The SMILES string of the molecule is Cc1cc(C)c2[nH]c(C(=O)NC3CCCC(c4ccc5cc(C(=O)NC6CCCCCC6)[nH]c5c4C)CCC3)cc2c1. The number of amides is 2. The zero-order valence-corrected chi connectivity index (χ0v) is 25.5. The van der Waals surface area contributed by atoms with Crippen LogP contribution in [0.5, 0.6) is 0 Å². The summed E-state index contributed by atoms with van der Waals surface area (Å²) in [6, 6.07) is 13.2. The monoisotopic (exact) mass is 566 g/mol. The first-order chi connectivity index (χ1) is 20.4. The molecule has 0 aliphatic heterocycles. The first-order valence-corrected chi connectivity index (χ1v) is 16.2. The van der Waals surface area contributed by atoms with Crippen LogP contribution in [0, 0.1) is 20.8 Å². The highest BCUT2D eigenvalue weighted by Gasteiger charge is 2.23. The highest BCUT2D eigenvalue weighted by Crippen LogP contribution is 2.35. The number of hydrogen-bond acceptors (Lipinski definition) is 2. The van der Waals surface area contributed by atoms with E-state index in [1.807, 2.05) is 12.1 Å². The van der Waals surface area contributed by atoms with Gasteiger partial charge in [-0.25, -0.2) is 0 Å². The molecule has 6 rings (SSSR count). The van der Waals surface area contributed by atoms with Crippen LogP contribution in [0.25, 0.3) is 21.8 Å². The standard InChI is InChI=1S/C36H46N4O2/c1-22-18-23(2)33-27(19-22)21-32(39-33)36(42)38-29-14-8-10-25(11-9-15-29)30-17-16-26-20-31(40-34(26)24(30)3)35(41)37-28-12-6-4-5-7-13-28/h16-21,25,28-29,39-40H,4-15H2,1-3H3,(H,37,41)(H,38,42). The van der Waals surface area contributed by atoms with Gasteiger partial charge in [0.1, 0.15) is 11.4 Å². The number of aryl methyl sites for hydroxylation is 3. The topological polar surface area (TPSA) is 89.8 Å². The molecule has 2 aromatic heterocycles. The normalized spacial score (nSPS) is 20.6. The van der Waals surface area contributed by atoms with Gasteiger partial charge in [-0.3, -0.25) is 9.59 Å². The second-order valence-electron chi connectivity index (χ2n) is 13.0. The third kappa shape index (κ3) is 6.13. The van der Waals surface area contributed by atoms with Crippen molar-refractivity contribution in [2.24, 2.45) is 0 Å². The van der Waals surface area contributed by atoms with Crippen molar-refractivity contribution < 1.29 is 9.59 Å². The molecule has 0 bridgehead atoms. The van der Waals surface area contributed by atoms with Gasteiger partial charge in [0.05, 0.1) is 0 Å². The highest BCUT2D eigenvalue weighted by molar-refractivity contribution is 6.00. The van der Waals surface area contributed by atoms with Crippen molar-refractivity contribution in [3.05, 3.63) is 70.0 Å². The van der Waals surface area contributed by atoms with Crippen LogP contribution in [0.1, 0.15) is 126 Å². The highest BCUT2D eigenvalue weighted by atomic mass is 16.2. The fourth-order valence-electron chi connectivity index (χ4n) is 7.57. The van der Waals surface area contributed by atoms with Crippen molar-refractivity contribution in [1.82, 2.24) is 20.6 Å². The van der Waals surface area contributed by atoms with Crippen LogP contribution in [0.3, 0.4) is 0 Å². The lowest BCUT2D eigenvalue weighted by molar-refractivity contribution is 0.0919. The maximum atomic E-state index is 13.1. The van der Waals surface area contributed by atoms with Gasteiger partial charge >= 0.3 is 0 Å². The van der Waals surface area contributed by atoms with Crippen molar-refractivity contribution in [2.45, 2.75) is 116 Å².